The fourth-order valence-electron chi connectivity index (χ4n) is 4.47. The van der Waals surface area contributed by atoms with E-state index in [0.717, 1.165) is 41.6 Å². The van der Waals surface area contributed by atoms with Crippen LogP contribution in [0.2, 0.25) is 0 Å². The number of hydrogen-bond acceptors (Lipinski definition) is 2. The number of likely N-dealkylation sites (tertiary alicyclic amines) is 1. The number of carbonyl (C=O) groups excluding carboxylic acids is 1. The molecule has 4 aromatic rings. The lowest BCUT2D eigenvalue weighted by Crippen LogP contribution is -2.39. The van der Waals surface area contributed by atoms with Crippen LogP contribution in [0, 0.1) is 0 Å². The van der Waals surface area contributed by atoms with E-state index < -0.39 is 11.7 Å². The topological polar surface area (TPSA) is 49.0 Å². The first kappa shape index (κ1) is 21.2. The van der Waals surface area contributed by atoms with E-state index in [-0.39, 0.29) is 11.8 Å². The number of nitrogens with zero attached hydrogens (tertiary/aromatic N) is 2. The van der Waals surface area contributed by atoms with Gasteiger partial charge in [-0.15, -0.1) is 0 Å². The molecule has 4 nitrogen and oxygen atoms in total. The first-order valence-corrected chi connectivity index (χ1v) is 10.9. The normalized spacial score (nSPS) is 16.8. The molecule has 1 aliphatic heterocycles. The summed E-state index contributed by atoms with van der Waals surface area (Å²) in [6.07, 6.45) is -0.835. The Morgan fingerprint density at radius 2 is 1.88 bits per heavy atom. The van der Waals surface area contributed by atoms with Gasteiger partial charge in [0.25, 0.3) is 5.91 Å². The standard InChI is InChI=1S/C26H22F3N3O/c27-26(28,29)21-6-1-4-17(15-21)23-7-2-8-24(31-23)20-5-3-13-32(16-20)25(33)19-9-10-22-18(14-19)11-12-30-22/h1-2,4,6-12,14-15,20,30H,3,5,13,16H2/t20-/m1/s1. The van der Waals surface area contributed by atoms with Crippen molar-refractivity contribution >= 4 is 16.8 Å². The molecule has 7 heteroatoms. The van der Waals surface area contributed by atoms with Gasteiger partial charge in [-0.2, -0.15) is 13.2 Å². The predicted molar refractivity (Wildman–Crippen MR) is 121 cm³/mol. The van der Waals surface area contributed by atoms with Crippen molar-refractivity contribution < 1.29 is 18.0 Å². The lowest BCUT2D eigenvalue weighted by atomic mass is 9.93. The molecule has 0 spiro atoms. The average molecular weight is 449 g/mol. The first-order chi connectivity index (χ1) is 15.9. The van der Waals surface area contributed by atoms with E-state index in [1.165, 1.54) is 6.07 Å². The third kappa shape index (κ3) is 4.35. The van der Waals surface area contributed by atoms with E-state index in [0.29, 0.717) is 29.9 Å². The van der Waals surface area contributed by atoms with Crippen LogP contribution in [0.25, 0.3) is 22.2 Å². The Bertz CT molecular complexity index is 1310. The summed E-state index contributed by atoms with van der Waals surface area (Å²) < 4.78 is 39.4. The number of aromatic amines is 1. The fourth-order valence-corrected chi connectivity index (χ4v) is 4.47. The summed E-state index contributed by atoms with van der Waals surface area (Å²) in [7, 11) is 0. The van der Waals surface area contributed by atoms with Gasteiger partial charge in [0, 0.05) is 52.9 Å². The maximum atomic E-state index is 13.2. The minimum Gasteiger partial charge on any atom is -0.361 e. The Kier molecular flexibility index (Phi) is 5.40. The highest BCUT2D eigenvalue weighted by atomic mass is 19.4. The van der Waals surface area contributed by atoms with E-state index >= 15 is 0 Å². The van der Waals surface area contributed by atoms with Crippen molar-refractivity contribution in [2.75, 3.05) is 13.1 Å². The summed E-state index contributed by atoms with van der Waals surface area (Å²) in [5.74, 6) is 0.0151. The monoisotopic (exact) mass is 449 g/mol. The number of nitrogens with one attached hydrogen (secondary N) is 1. The van der Waals surface area contributed by atoms with Crippen molar-refractivity contribution in [3.05, 3.63) is 89.7 Å². The Morgan fingerprint density at radius 1 is 1.03 bits per heavy atom. The molecule has 168 valence electrons. The van der Waals surface area contributed by atoms with E-state index in [4.69, 9.17) is 0 Å². The van der Waals surface area contributed by atoms with Gasteiger partial charge in [-0.1, -0.05) is 18.2 Å². The highest BCUT2D eigenvalue weighted by molar-refractivity contribution is 5.98. The molecule has 1 atom stereocenters. The minimum absolute atomic E-state index is 0.0168. The van der Waals surface area contributed by atoms with Gasteiger partial charge in [0.2, 0.25) is 0 Å². The third-order valence-corrected chi connectivity index (χ3v) is 6.18. The number of rotatable bonds is 3. The summed E-state index contributed by atoms with van der Waals surface area (Å²) in [4.78, 5) is 22.8. The van der Waals surface area contributed by atoms with Crippen molar-refractivity contribution in [3.8, 4) is 11.3 Å². The quantitative estimate of drug-likeness (QED) is 0.401. The molecule has 1 N–H and O–H groups in total. The molecule has 1 amide bonds. The Labute approximate surface area is 189 Å². The summed E-state index contributed by atoms with van der Waals surface area (Å²) in [6.45, 7) is 1.21. The second kappa shape index (κ2) is 8.39. The highest BCUT2D eigenvalue weighted by Gasteiger charge is 2.31. The molecule has 1 aliphatic rings. The van der Waals surface area contributed by atoms with Crippen LogP contribution >= 0.6 is 0 Å². The fraction of sp³-hybridized carbons (Fsp3) is 0.231. The third-order valence-electron chi connectivity index (χ3n) is 6.18. The smallest absolute Gasteiger partial charge is 0.361 e. The molecule has 0 unspecified atom stereocenters. The van der Waals surface area contributed by atoms with Crippen LogP contribution in [-0.4, -0.2) is 33.9 Å². The number of piperidine rings is 1. The molecular weight excluding hydrogens is 427 g/mol. The maximum Gasteiger partial charge on any atom is 0.416 e. The number of fused-ring (bicyclic) bond motifs is 1. The number of alkyl halides is 3. The van der Waals surface area contributed by atoms with Crippen molar-refractivity contribution in [2.45, 2.75) is 24.9 Å². The zero-order valence-electron chi connectivity index (χ0n) is 17.8. The van der Waals surface area contributed by atoms with E-state index in [1.807, 2.05) is 47.5 Å². The van der Waals surface area contributed by atoms with Crippen molar-refractivity contribution in [3.63, 3.8) is 0 Å². The summed E-state index contributed by atoms with van der Waals surface area (Å²) in [5.41, 5.74) is 2.66. The summed E-state index contributed by atoms with van der Waals surface area (Å²) in [6, 6.07) is 18.2. The maximum absolute atomic E-state index is 13.2. The number of hydrogen-bond donors (Lipinski definition) is 1. The zero-order chi connectivity index (χ0) is 23.0. The van der Waals surface area contributed by atoms with Gasteiger partial charge in [0.1, 0.15) is 0 Å². The van der Waals surface area contributed by atoms with Crippen molar-refractivity contribution in [1.29, 1.82) is 0 Å². The SMILES string of the molecule is O=C(c1ccc2[nH]ccc2c1)N1CCC[C@@H](c2cccc(-c3cccc(C(F)(F)F)c3)n2)C1. The van der Waals surface area contributed by atoms with Gasteiger partial charge in [-0.3, -0.25) is 9.78 Å². The molecule has 1 saturated heterocycles. The number of pyridine rings is 1. The number of halogens is 3. The second-order valence-electron chi connectivity index (χ2n) is 8.40. The van der Waals surface area contributed by atoms with Gasteiger partial charge in [-0.05, 0) is 61.4 Å². The molecule has 2 aromatic carbocycles. The molecule has 3 heterocycles. The lowest BCUT2D eigenvalue weighted by molar-refractivity contribution is -0.137. The number of benzene rings is 2. The average Bonchev–Trinajstić information content (AvgIpc) is 3.31. The molecule has 2 aromatic heterocycles. The molecule has 0 bridgehead atoms. The van der Waals surface area contributed by atoms with Crippen LogP contribution in [0.3, 0.4) is 0 Å². The number of aromatic nitrogens is 2. The van der Waals surface area contributed by atoms with E-state index in [9.17, 15) is 18.0 Å². The van der Waals surface area contributed by atoms with Gasteiger partial charge in [0.05, 0.1) is 11.3 Å². The Morgan fingerprint density at radius 3 is 2.73 bits per heavy atom. The Balaban J connectivity index is 1.37. The first-order valence-electron chi connectivity index (χ1n) is 10.9. The van der Waals surface area contributed by atoms with Crippen molar-refractivity contribution in [2.24, 2.45) is 0 Å². The molecule has 0 aliphatic carbocycles. The van der Waals surface area contributed by atoms with Gasteiger partial charge in [-0.25, -0.2) is 0 Å². The largest absolute Gasteiger partial charge is 0.416 e. The zero-order valence-corrected chi connectivity index (χ0v) is 17.8. The van der Waals surface area contributed by atoms with Crippen LogP contribution in [-0.2, 0) is 6.18 Å². The Hall–Kier alpha value is -3.61. The van der Waals surface area contributed by atoms with Crippen LogP contribution in [0.1, 0.15) is 40.4 Å². The number of amides is 1. The molecule has 0 radical (unpaired) electrons. The van der Waals surface area contributed by atoms with Gasteiger partial charge < -0.3 is 9.88 Å². The van der Waals surface area contributed by atoms with Crippen LogP contribution in [0.15, 0.2) is 72.9 Å². The molecule has 0 saturated carbocycles. The van der Waals surface area contributed by atoms with Crippen LogP contribution in [0.5, 0.6) is 0 Å². The highest BCUT2D eigenvalue weighted by Crippen LogP contribution is 2.33. The predicted octanol–water partition coefficient (Wildman–Crippen LogP) is 6.27. The molecule has 33 heavy (non-hydrogen) atoms. The van der Waals surface area contributed by atoms with Crippen molar-refractivity contribution in [1.82, 2.24) is 14.9 Å². The van der Waals surface area contributed by atoms with Crippen LogP contribution < -0.4 is 0 Å². The van der Waals surface area contributed by atoms with Gasteiger partial charge in [0.15, 0.2) is 0 Å². The van der Waals surface area contributed by atoms with Gasteiger partial charge >= 0.3 is 6.18 Å². The second-order valence-corrected chi connectivity index (χ2v) is 8.40. The minimum atomic E-state index is -4.40. The summed E-state index contributed by atoms with van der Waals surface area (Å²) >= 11 is 0. The summed E-state index contributed by atoms with van der Waals surface area (Å²) in [5, 5.41) is 0.991. The number of H-pyrrole nitrogens is 1. The van der Waals surface area contributed by atoms with E-state index in [2.05, 4.69) is 9.97 Å². The number of carbonyl (C=O) groups is 1. The molecular formula is C26H22F3N3O. The molecule has 5 rings (SSSR count). The lowest BCUT2D eigenvalue weighted by Gasteiger charge is -2.32. The van der Waals surface area contributed by atoms with Crippen LogP contribution in [0.4, 0.5) is 13.2 Å². The van der Waals surface area contributed by atoms with E-state index in [1.54, 1.807) is 12.1 Å². The molecule has 1 fully saturated rings.